The maximum Gasteiger partial charge on any atom is 0.472 e. The minimum Gasteiger partial charge on any atom is -0.462 e. The summed E-state index contributed by atoms with van der Waals surface area (Å²) in [4.78, 5) is 72.1. The first kappa shape index (κ1) is 80.1. The molecule has 0 bridgehead atoms. The van der Waals surface area contributed by atoms with Gasteiger partial charge in [0.2, 0.25) is 0 Å². The van der Waals surface area contributed by atoms with E-state index in [1.54, 1.807) is 0 Å². The quantitative estimate of drug-likeness (QED) is 0.0222. The summed E-state index contributed by atoms with van der Waals surface area (Å²) in [5, 5.41) is 10.5. The van der Waals surface area contributed by atoms with Gasteiger partial charge in [-0.15, -0.1) is 0 Å². The molecule has 0 aromatic rings. The fourth-order valence-corrected chi connectivity index (χ4v) is 11.0. The molecule has 17 nitrogen and oxygen atoms in total. The molecule has 0 rings (SSSR count). The van der Waals surface area contributed by atoms with Crippen LogP contribution >= 0.6 is 15.6 Å². The van der Waals surface area contributed by atoms with Crippen molar-refractivity contribution in [3.63, 3.8) is 0 Å². The predicted octanol–water partition coefficient (Wildman–Crippen LogP) is 17.4. The Kier molecular flexibility index (Phi) is 55.5. The molecule has 0 saturated carbocycles. The number of phosphoric acid groups is 2. The molecule has 6 atom stereocenters. The minimum atomic E-state index is -4.94. The molecule has 19 heteroatoms. The molecular weight excluding hydrogens is 1090 g/mol. The molecule has 0 spiro atoms. The van der Waals surface area contributed by atoms with Gasteiger partial charge in [0.15, 0.2) is 12.2 Å². The first-order valence-corrected chi connectivity index (χ1v) is 36.2. The molecule has 0 aromatic carbocycles. The van der Waals surface area contributed by atoms with Gasteiger partial charge in [0.25, 0.3) is 0 Å². The van der Waals surface area contributed by atoms with Gasteiger partial charge in [0.1, 0.15) is 19.3 Å². The van der Waals surface area contributed by atoms with E-state index in [9.17, 15) is 43.2 Å². The Morgan fingerprint density at radius 3 is 0.866 bits per heavy atom. The number of phosphoric ester groups is 2. The Labute approximate surface area is 498 Å². The number of hydrogen-bond donors (Lipinski definition) is 3. The molecule has 0 amide bonds. The standard InChI is InChI=1S/C63H122O17P2/c1-6-10-13-16-19-22-23-24-27-32-37-42-47-61(66)74-53-59(80-63(68)49-44-39-34-29-28-30-35-40-45-56(5)9-4)55-78-82(71,72)76-51-57(64)50-75-81(69,70)77-54-58(79-62(67)48-43-38-33-26-21-18-15-12-8-3)52-73-60(65)46-41-36-31-25-20-17-14-11-7-2/h56-59,64H,6-55H2,1-5H3,(H,69,70)(H,71,72)/t56?,57-,58+,59+/m0/s1. The maximum atomic E-state index is 13.0. The molecule has 0 aliphatic carbocycles. The Morgan fingerprint density at radius 1 is 0.341 bits per heavy atom. The second kappa shape index (κ2) is 56.8. The average Bonchev–Trinajstić information content (AvgIpc) is 3.46. The topological polar surface area (TPSA) is 237 Å². The molecule has 0 heterocycles. The summed E-state index contributed by atoms with van der Waals surface area (Å²) < 4.78 is 67.9. The van der Waals surface area contributed by atoms with Crippen LogP contribution in [0.5, 0.6) is 0 Å². The monoisotopic (exact) mass is 1210 g/mol. The third-order valence-electron chi connectivity index (χ3n) is 14.9. The van der Waals surface area contributed by atoms with Gasteiger partial charge in [0.05, 0.1) is 26.4 Å². The Hall–Kier alpha value is -1.94. The Bertz CT molecular complexity index is 1600. The van der Waals surface area contributed by atoms with Crippen LogP contribution in [0.15, 0.2) is 0 Å². The zero-order valence-corrected chi connectivity index (χ0v) is 54.4. The van der Waals surface area contributed by atoms with Crippen molar-refractivity contribution in [2.24, 2.45) is 5.92 Å². The van der Waals surface area contributed by atoms with E-state index in [0.717, 1.165) is 95.8 Å². The molecular formula is C63H122O17P2. The van der Waals surface area contributed by atoms with Gasteiger partial charge >= 0.3 is 39.5 Å². The van der Waals surface area contributed by atoms with Gasteiger partial charge in [-0.05, 0) is 31.6 Å². The van der Waals surface area contributed by atoms with Gasteiger partial charge in [0, 0.05) is 25.7 Å². The van der Waals surface area contributed by atoms with Crippen molar-refractivity contribution in [3.05, 3.63) is 0 Å². The molecule has 486 valence electrons. The molecule has 0 aliphatic rings. The summed E-state index contributed by atoms with van der Waals surface area (Å²) in [6.45, 7) is 7.15. The van der Waals surface area contributed by atoms with Crippen LogP contribution in [0.2, 0.25) is 0 Å². The van der Waals surface area contributed by atoms with Crippen LogP contribution in [-0.4, -0.2) is 96.7 Å². The summed E-state index contributed by atoms with van der Waals surface area (Å²) in [5.41, 5.74) is 0. The normalized spacial score (nSPS) is 14.6. The Morgan fingerprint density at radius 2 is 0.585 bits per heavy atom. The fourth-order valence-electron chi connectivity index (χ4n) is 9.37. The van der Waals surface area contributed by atoms with Crippen molar-refractivity contribution in [1.82, 2.24) is 0 Å². The highest BCUT2D eigenvalue weighted by Gasteiger charge is 2.30. The van der Waals surface area contributed by atoms with E-state index in [2.05, 4.69) is 34.6 Å². The molecule has 0 aromatic heterocycles. The van der Waals surface area contributed by atoms with E-state index in [0.29, 0.717) is 25.7 Å². The van der Waals surface area contributed by atoms with Gasteiger partial charge in [-0.25, -0.2) is 9.13 Å². The van der Waals surface area contributed by atoms with Crippen LogP contribution in [0, 0.1) is 5.92 Å². The third-order valence-corrected chi connectivity index (χ3v) is 16.8. The van der Waals surface area contributed by atoms with Crippen LogP contribution in [0.1, 0.15) is 317 Å². The summed E-state index contributed by atoms with van der Waals surface area (Å²) in [5.74, 6) is -1.37. The Balaban J connectivity index is 5.23. The van der Waals surface area contributed by atoms with Crippen molar-refractivity contribution in [1.29, 1.82) is 0 Å². The van der Waals surface area contributed by atoms with Crippen LogP contribution in [0.4, 0.5) is 0 Å². The van der Waals surface area contributed by atoms with E-state index in [1.165, 1.54) is 141 Å². The molecule has 0 aliphatic heterocycles. The number of aliphatic hydroxyl groups is 1. The minimum absolute atomic E-state index is 0.105. The average molecular weight is 1210 g/mol. The van der Waals surface area contributed by atoms with Crippen molar-refractivity contribution < 1.29 is 80.2 Å². The molecule has 0 fully saturated rings. The molecule has 0 radical (unpaired) electrons. The highest BCUT2D eigenvalue weighted by Crippen LogP contribution is 2.45. The fraction of sp³-hybridized carbons (Fsp3) is 0.937. The highest BCUT2D eigenvalue weighted by atomic mass is 31.2. The predicted molar refractivity (Wildman–Crippen MR) is 326 cm³/mol. The van der Waals surface area contributed by atoms with Crippen LogP contribution in [-0.2, 0) is 65.4 Å². The number of carbonyl (C=O) groups is 4. The number of carbonyl (C=O) groups excluding carboxylic acids is 4. The van der Waals surface area contributed by atoms with Crippen molar-refractivity contribution in [2.45, 2.75) is 335 Å². The SMILES string of the molecule is CCCCCCCCCCCCCCC(=O)OC[C@H](COP(=O)(O)OC[C@@H](O)COP(=O)(O)OC[C@@H](COC(=O)CCCCCCCCCCC)OC(=O)CCCCCCCCCCC)OC(=O)CCCCCCCCCCC(C)CC. The van der Waals surface area contributed by atoms with E-state index in [-0.39, 0.29) is 25.7 Å². The number of rotatable bonds is 63. The third kappa shape index (κ3) is 55.9. The first-order valence-electron chi connectivity index (χ1n) is 33.2. The van der Waals surface area contributed by atoms with Crippen molar-refractivity contribution >= 4 is 39.5 Å². The summed E-state index contributed by atoms with van der Waals surface area (Å²) >= 11 is 0. The van der Waals surface area contributed by atoms with Crippen LogP contribution in [0.25, 0.3) is 0 Å². The van der Waals surface area contributed by atoms with E-state index < -0.39 is 97.5 Å². The number of esters is 4. The number of hydrogen-bond acceptors (Lipinski definition) is 15. The van der Waals surface area contributed by atoms with Gasteiger partial charge < -0.3 is 33.8 Å². The van der Waals surface area contributed by atoms with Crippen molar-refractivity contribution in [2.75, 3.05) is 39.6 Å². The zero-order valence-electron chi connectivity index (χ0n) is 52.6. The van der Waals surface area contributed by atoms with Gasteiger partial charge in [-0.1, -0.05) is 266 Å². The summed E-state index contributed by atoms with van der Waals surface area (Å²) in [7, 11) is -9.88. The lowest BCUT2D eigenvalue weighted by Crippen LogP contribution is -2.30. The molecule has 3 unspecified atom stereocenters. The highest BCUT2D eigenvalue weighted by molar-refractivity contribution is 7.47. The molecule has 82 heavy (non-hydrogen) atoms. The van der Waals surface area contributed by atoms with E-state index >= 15 is 0 Å². The lowest BCUT2D eigenvalue weighted by molar-refractivity contribution is -0.161. The second-order valence-corrected chi connectivity index (χ2v) is 25.9. The number of unbranched alkanes of at least 4 members (excludes halogenated alkanes) is 34. The number of aliphatic hydroxyl groups excluding tert-OH is 1. The lowest BCUT2D eigenvalue weighted by atomic mass is 9.99. The van der Waals surface area contributed by atoms with Crippen LogP contribution < -0.4 is 0 Å². The van der Waals surface area contributed by atoms with Gasteiger partial charge in [-0.3, -0.25) is 37.3 Å². The maximum absolute atomic E-state index is 13.0. The van der Waals surface area contributed by atoms with E-state index in [4.69, 9.17) is 37.0 Å². The lowest BCUT2D eigenvalue weighted by Gasteiger charge is -2.21. The zero-order chi connectivity index (χ0) is 60.6. The molecule has 3 N–H and O–H groups in total. The van der Waals surface area contributed by atoms with Crippen LogP contribution in [0.3, 0.4) is 0 Å². The molecule has 0 saturated heterocycles. The second-order valence-electron chi connectivity index (χ2n) is 23.0. The van der Waals surface area contributed by atoms with Gasteiger partial charge in [-0.2, -0.15) is 0 Å². The first-order chi connectivity index (χ1) is 39.6. The summed E-state index contributed by atoms with van der Waals surface area (Å²) in [6.07, 6.45) is 40.2. The van der Waals surface area contributed by atoms with E-state index in [1.807, 2.05) is 0 Å². The van der Waals surface area contributed by atoms with Crippen molar-refractivity contribution in [3.8, 4) is 0 Å². The smallest absolute Gasteiger partial charge is 0.462 e. The largest absolute Gasteiger partial charge is 0.472 e. The number of ether oxygens (including phenoxy) is 4. The summed E-state index contributed by atoms with van der Waals surface area (Å²) in [6, 6.07) is 0.